The number of amides is 1. The first-order chi connectivity index (χ1) is 8.52. The van der Waals surface area contributed by atoms with Crippen LogP contribution in [0.15, 0.2) is 15.9 Å². The summed E-state index contributed by atoms with van der Waals surface area (Å²) in [4.78, 5) is 23.6. The number of carboxylic acids is 1. The van der Waals surface area contributed by atoms with Crippen molar-refractivity contribution in [1.29, 1.82) is 0 Å². The molecule has 0 saturated heterocycles. The predicted octanol–water partition coefficient (Wildman–Crippen LogP) is 2.81. The van der Waals surface area contributed by atoms with Gasteiger partial charge in [-0.05, 0) is 34.5 Å². The monoisotopic (exact) mass is 333 g/mol. The van der Waals surface area contributed by atoms with Gasteiger partial charge < -0.3 is 10.4 Å². The largest absolute Gasteiger partial charge is 0.480 e. The molecule has 1 atom stereocenters. The zero-order chi connectivity index (χ0) is 13.5. The highest BCUT2D eigenvalue weighted by Crippen LogP contribution is 2.22. The molecule has 18 heavy (non-hydrogen) atoms. The Morgan fingerprint density at radius 3 is 2.72 bits per heavy atom. The Morgan fingerprint density at radius 2 is 2.22 bits per heavy atom. The lowest BCUT2D eigenvalue weighted by Crippen LogP contribution is -2.41. The molecular formula is C12H16BrNO3S. The van der Waals surface area contributed by atoms with Gasteiger partial charge in [-0.3, -0.25) is 4.79 Å². The fourth-order valence-electron chi connectivity index (χ4n) is 1.52. The number of hydrogen-bond donors (Lipinski definition) is 2. The Hall–Kier alpha value is -0.880. The summed E-state index contributed by atoms with van der Waals surface area (Å²) in [5, 5.41) is 11.6. The van der Waals surface area contributed by atoms with Gasteiger partial charge in [0.25, 0.3) is 0 Å². The van der Waals surface area contributed by atoms with E-state index in [-0.39, 0.29) is 12.3 Å². The van der Waals surface area contributed by atoms with Crippen LogP contribution < -0.4 is 5.32 Å². The first-order valence-corrected chi connectivity index (χ1v) is 7.40. The van der Waals surface area contributed by atoms with Crippen LogP contribution in [0.3, 0.4) is 0 Å². The van der Waals surface area contributed by atoms with Crippen LogP contribution in [0.25, 0.3) is 0 Å². The number of nitrogens with one attached hydrogen (secondary N) is 1. The van der Waals surface area contributed by atoms with Gasteiger partial charge in [0.15, 0.2) is 0 Å². The van der Waals surface area contributed by atoms with E-state index in [0.29, 0.717) is 6.42 Å². The van der Waals surface area contributed by atoms with Crippen LogP contribution in [-0.4, -0.2) is 23.0 Å². The summed E-state index contributed by atoms with van der Waals surface area (Å²) >= 11 is 4.80. The van der Waals surface area contributed by atoms with Crippen molar-refractivity contribution in [3.05, 3.63) is 20.8 Å². The molecule has 1 amide bonds. The fourth-order valence-corrected chi connectivity index (χ4v) is 3.00. The molecule has 0 aliphatic rings. The first-order valence-electron chi connectivity index (χ1n) is 5.79. The van der Waals surface area contributed by atoms with Crippen molar-refractivity contribution in [3.63, 3.8) is 0 Å². The number of thiophene rings is 1. The van der Waals surface area contributed by atoms with Gasteiger partial charge >= 0.3 is 5.97 Å². The number of carboxylic acid groups (broad SMARTS) is 1. The molecule has 0 spiro atoms. The SMILES string of the molecule is CCCCC(NC(=O)Cc1ccc(Br)s1)C(=O)O. The van der Waals surface area contributed by atoms with Crippen molar-refractivity contribution in [2.24, 2.45) is 0 Å². The molecular weight excluding hydrogens is 318 g/mol. The molecule has 0 aliphatic heterocycles. The van der Waals surface area contributed by atoms with Gasteiger partial charge in [0.2, 0.25) is 5.91 Å². The summed E-state index contributed by atoms with van der Waals surface area (Å²) in [6, 6.07) is 2.95. The maximum absolute atomic E-state index is 11.7. The van der Waals surface area contributed by atoms with Crippen molar-refractivity contribution in [2.45, 2.75) is 38.6 Å². The Labute approximate surface area is 119 Å². The number of carbonyl (C=O) groups is 2. The number of rotatable bonds is 7. The average Bonchev–Trinajstić information content (AvgIpc) is 2.69. The van der Waals surface area contributed by atoms with E-state index in [4.69, 9.17) is 5.11 Å². The molecule has 0 radical (unpaired) electrons. The van der Waals surface area contributed by atoms with E-state index >= 15 is 0 Å². The second-order valence-corrected chi connectivity index (χ2v) is 6.53. The molecule has 1 rings (SSSR count). The van der Waals surface area contributed by atoms with Crippen LogP contribution >= 0.6 is 27.3 Å². The van der Waals surface area contributed by atoms with E-state index in [9.17, 15) is 9.59 Å². The van der Waals surface area contributed by atoms with E-state index in [1.54, 1.807) is 0 Å². The predicted molar refractivity (Wildman–Crippen MR) is 74.8 cm³/mol. The lowest BCUT2D eigenvalue weighted by Gasteiger charge is -2.13. The van der Waals surface area contributed by atoms with Crippen molar-refractivity contribution >= 4 is 39.1 Å². The minimum absolute atomic E-state index is 0.228. The topological polar surface area (TPSA) is 66.4 Å². The average molecular weight is 334 g/mol. The van der Waals surface area contributed by atoms with Crippen molar-refractivity contribution < 1.29 is 14.7 Å². The highest BCUT2D eigenvalue weighted by molar-refractivity contribution is 9.11. The third-order valence-corrected chi connectivity index (χ3v) is 4.07. The zero-order valence-corrected chi connectivity index (χ0v) is 12.5. The number of unbranched alkanes of at least 4 members (excludes halogenated alkanes) is 1. The number of carbonyl (C=O) groups excluding carboxylic acids is 1. The van der Waals surface area contributed by atoms with Gasteiger partial charge in [0, 0.05) is 4.88 Å². The fraction of sp³-hybridized carbons (Fsp3) is 0.500. The third kappa shape index (κ3) is 5.18. The molecule has 1 aromatic rings. The van der Waals surface area contributed by atoms with E-state index in [0.717, 1.165) is 21.5 Å². The second-order valence-electron chi connectivity index (χ2n) is 3.98. The van der Waals surface area contributed by atoms with Gasteiger partial charge in [0.1, 0.15) is 6.04 Å². The van der Waals surface area contributed by atoms with Crippen molar-refractivity contribution in [1.82, 2.24) is 5.32 Å². The van der Waals surface area contributed by atoms with Gasteiger partial charge in [0.05, 0.1) is 10.2 Å². The Balaban J connectivity index is 2.48. The molecule has 0 aromatic carbocycles. The molecule has 0 aliphatic carbocycles. The summed E-state index contributed by atoms with van der Waals surface area (Å²) in [5.74, 6) is -1.21. The molecule has 1 heterocycles. The molecule has 1 aromatic heterocycles. The third-order valence-electron chi connectivity index (χ3n) is 2.44. The van der Waals surface area contributed by atoms with Gasteiger partial charge in [-0.1, -0.05) is 19.8 Å². The van der Waals surface area contributed by atoms with E-state index in [1.165, 1.54) is 11.3 Å². The van der Waals surface area contributed by atoms with Gasteiger partial charge in [-0.15, -0.1) is 11.3 Å². The van der Waals surface area contributed by atoms with Crippen molar-refractivity contribution in [3.8, 4) is 0 Å². The second kappa shape index (κ2) is 7.53. The van der Waals surface area contributed by atoms with Crippen LogP contribution in [0, 0.1) is 0 Å². The molecule has 6 heteroatoms. The minimum atomic E-state index is -0.968. The minimum Gasteiger partial charge on any atom is -0.480 e. The van der Waals surface area contributed by atoms with E-state index in [1.807, 2.05) is 19.1 Å². The summed E-state index contributed by atoms with van der Waals surface area (Å²) in [6.45, 7) is 1.99. The normalized spacial score (nSPS) is 12.1. The molecule has 1 unspecified atom stereocenters. The van der Waals surface area contributed by atoms with Gasteiger partial charge in [-0.2, -0.15) is 0 Å². The van der Waals surface area contributed by atoms with Crippen molar-refractivity contribution in [2.75, 3.05) is 0 Å². The standard InChI is InChI=1S/C12H16BrNO3S/c1-2-3-4-9(12(16)17)14-11(15)7-8-5-6-10(13)18-8/h5-6,9H,2-4,7H2,1H3,(H,14,15)(H,16,17). The number of halogens is 1. The first kappa shape index (κ1) is 15.2. The molecule has 2 N–H and O–H groups in total. The lowest BCUT2D eigenvalue weighted by atomic mass is 10.1. The van der Waals surface area contributed by atoms with E-state index < -0.39 is 12.0 Å². The number of aliphatic carboxylic acids is 1. The van der Waals surface area contributed by atoms with E-state index in [2.05, 4.69) is 21.2 Å². The molecule has 4 nitrogen and oxygen atoms in total. The highest BCUT2D eigenvalue weighted by atomic mass is 79.9. The lowest BCUT2D eigenvalue weighted by molar-refractivity contribution is -0.141. The Bertz CT molecular complexity index is 419. The van der Waals surface area contributed by atoms with Crippen LogP contribution in [-0.2, 0) is 16.0 Å². The van der Waals surface area contributed by atoms with Crippen LogP contribution in [0.5, 0.6) is 0 Å². The molecule has 100 valence electrons. The Morgan fingerprint density at radius 1 is 1.50 bits per heavy atom. The van der Waals surface area contributed by atoms with Gasteiger partial charge in [-0.25, -0.2) is 4.79 Å². The maximum Gasteiger partial charge on any atom is 0.326 e. The van der Waals surface area contributed by atoms with Crippen LogP contribution in [0.2, 0.25) is 0 Å². The zero-order valence-electron chi connectivity index (χ0n) is 10.1. The smallest absolute Gasteiger partial charge is 0.326 e. The number of hydrogen-bond acceptors (Lipinski definition) is 3. The molecule has 0 fully saturated rings. The highest BCUT2D eigenvalue weighted by Gasteiger charge is 2.19. The quantitative estimate of drug-likeness (QED) is 0.806. The summed E-state index contributed by atoms with van der Waals surface area (Å²) < 4.78 is 0.964. The van der Waals surface area contributed by atoms with Crippen LogP contribution in [0.4, 0.5) is 0 Å². The Kier molecular flexibility index (Phi) is 6.35. The summed E-state index contributed by atoms with van der Waals surface area (Å²) in [6.07, 6.45) is 2.41. The maximum atomic E-state index is 11.7. The molecule has 0 bridgehead atoms. The van der Waals surface area contributed by atoms with Crippen LogP contribution in [0.1, 0.15) is 31.1 Å². The summed E-state index contributed by atoms with van der Waals surface area (Å²) in [5.41, 5.74) is 0. The molecule has 0 saturated carbocycles. The summed E-state index contributed by atoms with van der Waals surface area (Å²) in [7, 11) is 0.